The molecule has 4 aromatic rings. The predicted molar refractivity (Wildman–Crippen MR) is 109 cm³/mol. The Morgan fingerprint density at radius 3 is 2.64 bits per heavy atom. The maximum absolute atomic E-state index is 13.9. The molecule has 0 radical (unpaired) electrons. The van der Waals surface area contributed by atoms with Gasteiger partial charge in [-0.3, -0.25) is 0 Å². The Morgan fingerprint density at radius 1 is 1.07 bits per heavy atom. The second-order valence-electron chi connectivity index (χ2n) is 6.80. The summed E-state index contributed by atoms with van der Waals surface area (Å²) in [6, 6.07) is 18.5. The van der Waals surface area contributed by atoms with Gasteiger partial charge in [-0.1, -0.05) is 49.4 Å². The van der Waals surface area contributed by atoms with Crippen LogP contribution in [0.3, 0.4) is 0 Å². The second-order valence-corrected chi connectivity index (χ2v) is 6.80. The van der Waals surface area contributed by atoms with Gasteiger partial charge in [0, 0.05) is 29.6 Å². The minimum Gasteiger partial charge on any atom is -0.477 e. The Bertz CT molecular complexity index is 1170. The highest BCUT2D eigenvalue weighted by Gasteiger charge is 2.23. The fourth-order valence-corrected chi connectivity index (χ4v) is 3.83. The normalized spacial score (nSPS) is 11.4. The quantitative estimate of drug-likeness (QED) is 0.509. The molecule has 0 spiro atoms. The molecular formula is C23H21FN2O2. The van der Waals surface area contributed by atoms with Gasteiger partial charge < -0.3 is 15.0 Å². The number of fused-ring (bicyclic) bond motifs is 2. The topological polar surface area (TPSA) is 54.3 Å². The number of nitrogens with zero attached hydrogens (tertiary/aromatic N) is 1. The zero-order valence-corrected chi connectivity index (χ0v) is 15.6. The van der Waals surface area contributed by atoms with Crippen molar-refractivity contribution in [2.75, 3.05) is 6.54 Å². The monoisotopic (exact) mass is 376 g/mol. The van der Waals surface area contributed by atoms with Crippen molar-refractivity contribution in [1.82, 2.24) is 9.88 Å². The van der Waals surface area contributed by atoms with Crippen LogP contribution in [0.2, 0.25) is 0 Å². The van der Waals surface area contributed by atoms with Crippen LogP contribution in [0.1, 0.15) is 28.5 Å². The van der Waals surface area contributed by atoms with Crippen LogP contribution >= 0.6 is 0 Å². The van der Waals surface area contributed by atoms with E-state index in [0.29, 0.717) is 30.6 Å². The molecule has 4 nitrogen and oxygen atoms in total. The van der Waals surface area contributed by atoms with Crippen molar-refractivity contribution in [2.24, 2.45) is 0 Å². The minimum atomic E-state index is -1.01. The molecule has 0 saturated carbocycles. The molecule has 0 amide bonds. The van der Waals surface area contributed by atoms with Crippen molar-refractivity contribution in [2.45, 2.75) is 20.0 Å². The Kier molecular flexibility index (Phi) is 4.84. The van der Waals surface area contributed by atoms with Crippen molar-refractivity contribution in [3.05, 3.63) is 83.3 Å². The molecule has 2 N–H and O–H groups in total. The Morgan fingerprint density at radius 2 is 1.86 bits per heavy atom. The summed E-state index contributed by atoms with van der Waals surface area (Å²) in [5.74, 6) is -1.38. The molecule has 1 heterocycles. The SMILES string of the molecule is CCNCc1c(C(=O)O)n(Cc2cccc3ccccc23)c2ccc(F)cc12. The Hall–Kier alpha value is -3.18. The van der Waals surface area contributed by atoms with Gasteiger partial charge in [-0.25, -0.2) is 9.18 Å². The minimum absolute atomic E-state index is 0.203. The van der Waals surface area contributed by atoms with Crippen molar-refractivity contribution >= 4 is 27.6 Å². The van der Waals surface area contributed by atoms with Crippen LogP contribution in [0.25, 0.3) is 21.7 Å². The van der Waals surface area contributed by atoms with Gasteiger partial charge in [-0.05, 0) is 41.1 Å². The zero-order chi connectivity index (χ0) is 19.7. The molecule has 0 saturated heterocycles. The third-order valence-electron chi connectivity index (χ3n) is 5.09. The third-order valence-corrected chi connectivity index (χ3v) is 5.09. The van der Waals surface area contributed by atoms with Gasteiger partial charge in [0.25, 0.3) is 0 Å². The van der Waals surface area contributed by atoms with Crippen LogP contribution in [-0.2, 0) is 13.1 Å². The number of aromatic carboxylic acids is 1. The molecule has 5 heteroatoms. The summed E-state index contributed by atoms with van der Waals surface area (Å²) in [5.41, 5.74) is 2.56. The predicted octanol–water partition coefficient (Wildman–Crippen LogP) is 4.79. The number of halogens is 1. The summed E-state index contributed by atoms with van der Waals surface area (Å²) >= 11 is 0. The van der Waals surface area contributed by atoms with E-state index < -0.39 is 5.97 Å². The number of aromatic nitrogens is 1. The lowest BCUT2D eigenvalue weighted by molar-refractivity contribution is 0.0685. The first kappa shape index (κ1) is 18.2. The molecule has 0 fully saturated rings. The van der Waals surface area contributed by atoms with Crippen molar-refractivity contribution in [3.8, 4) is 0 Å². The lowest BCUT2D eigenvalue weighted by Gasteiger charge is -2.12. The first-order valence-corrected chi connectivity index (χ1v) is 9.31. The van der Waals surface area contributed by atoms with Crippen LogP contribution in [0.4, 0.5) is 4.39 Å². The maximum Gasteiger partial charge on any atom is 0.352 e. The first-order chi connectivity index (χ1) is 13.6. The van der Waals surface area contributed by atoms with Gasteiger partial charge in [0.1, 0.15) is 11.5 Å². The smallest absolute Gasteiger partial charge is 0.352 e. The third kappa shape index (κ3) is 3.14. The largest absolute Gasteiger partial charge is 0.477 e. The molecular weight excluding hydrogens is 355 g/mol. The van der Waals surface area contributed by atoms with Gasteiger partial charge in [-0.2, -0.15) is 0 Å². The van der Waals surface area contributed by atoms with Crippen LogP contribution in [-0.4, -0.2) is 22.2 Å². The van der Waals surface area contributed by atoms with E-state index in [1.807, 2.05) is 49.4 Å². The second kappa shape index (κ2) is 7.44. The van der Waals surface area contributed by atoms with Gasteiger partial charge >= 0.3 is 5.97 Å². The fourth-order valence-electron chi connectivity index (χ4n) is 3.83. The fraction of sp³-hybridized carbons (Fsp3) is 0.174. The van der Waals surface area contributed by atoms with Crippen LogP contribution < -0.4 is 5.32 Å². The lowest BCUT2D eigenvalue weighted by Crippen LogP contribution is -2.17. The number of carboxylic acids is 1. The van der Waals surface area contributed by atoms with E-state index in [-0.39, 0.29) is 11.5 Å². The van der Waals surface area contributed by atoms with E-state index in [4.69, 9.17) is 0 Å². The molecule has 1 aromatic heterocycles. The maximum atomic E-state index is 13.9. The van der Waals surface area contributed by atoms with E-state index >= 15 is 0 Å². The van der Waals surface area contributed by atoms with Crippen LogP contribution in [0.5, 0.6) is 0 Å². The van der Waals surface area contributed by atoms with Crippen LogP contribution in [0, 0.1) is 5.82 Å². The van der Waals surface area contributed by atoms with Gasteiger partial charge in [0.05, 0.1) is 0 Å². The highest BCUT2D eigenvalue weighted by molar-refractivity contribution is 5.98. The van der Waals surface area contributed by atoms with E-state index in [9.17, 15) is 14.3 Å². The number of hydrogen-bond donors (Lipinski definition) is 2. The first-order valence-electron chi connectivity index (χ1n) is 9.31. The van der Waals surface area contributed by atoms with E-state index in [1.54, 1.807) is 10.6 Å². The number of nitrogens with one attached hydrogen (secondary N) is 1. The molecule has 0 aliphatic rings. The Labute approximate surface area is 162 Å². The molecule has 4 rings (SSSR count). The molecule has 3 aromatic carbocycles. The summed E-state index contributed by atoms with van der Waals surface area (Å²) in [6.07, 6.45) is 0. The number of hydrogen-bond acceptors (Lipinski definition) is 2. The van der Waals surface area contributed by atoms with Crippen LogP contribution in [0.15, 0.2) is 60.7 Å². The Balaban J connectivity index is 1.95. The molecule has 0 bridgehead atoms. The van der Waals surface area contributed by atoms with Gasteiger partial charge in [0.15, 0.2) is 0 Å². The van der Waals surface area contributed by atoms with E-state index in [2.05, 4.69) is 5.32 Å². The highest BCUT2D eigenvalue weighted by Crippen LogP contribution is 2.30. The summed E-state index contributed by atoms with van der Waals surface area (Å²) < 4.78 is 15.7. The average molecular weight is 376 g/mol. The number of carbonyl (C=O) groups is 1. The van der Waals surface area contributed by atoms with E-state index in [1.165, 1.54) is 12.1 Å². The summed E-state index contributed by atoms with van der Waals surface area (Å²) in [6.45, 7) is 3.43. The molecule has 0 unspecified atom stereocenters. The standard InChI is InChI=1S/C23H21FN2O2/c1-2-25-13-20-19-12-17(24)10-11-21(19)26(22(20)23(27)28)14-16-8-5-7-15-6-3-4-9-18(15)16/h3-12,25H,2,13-14H2,1H3,(H,27,28). The molecule has 0 aliphatic carbocycles. The average Bonchev–Trinajstić information content (AvgIpc) is 2.99. The summed E-state index contributed by atoms with van der Waals surface area (Å²) in [5, 5.41) is 16.0. The molecule has 0 atom stereocenters. The van der Waals surface area contributed by atoms with E-state index in [0.717, 1.165) is 21.9 Å². The van der Waals surface area contributed by atoms with Crippen molar-refractivity contribution in [3.63, 3.8) is 0 Å². The van der Waals surface area contributed by atoms with Gasteiger partial charge in [0.2, 0.25) is 0 Å². The highest BCUT2D eigenvalue weighted by atomic mass is 19.1. The number of carboxylic acid groups (broad SMARTS) is 1. The summed E-state index contributed by atoms with van der Waals surface area (Å²) in [7, 11) is 0. The van der Waals surface area contributed by atoms with Crippen molar-refractivity contribution in [1.29, 1.82) is 0 Å². The summed E-state index contributed by atoms with van der Waals surface area (Å²) in [4.78, 5) is 12.2. The number of benzene rings is 3. The molecule has 28 heavy (non-hydrogen) atoms. The molecule has 0 aliphatic heterocycles. The van der Waals surface area contributed by atoms with Crippen molar-refractivity contribution < 1.29 is 14.3 Å². The molecule has 142 valence electrons. The number of rotatable bonds is 6. The lowest BCUT2D eigenvalue weighted by atomic mass is 10.0. The van der Waals surface area contributed by atoms with Gasteiger partial charge in [-0.15, -0.1) is 0 Å². The zero-order valence-electron chi connectivity index (χ0n) is 15.6.